The van der Waals surface area contributed by atoms with Gasteiger partial charge in [-0.2, -0.15) is 0 Å². The van der Waals surface area contributed by atoms with E-state index in [0.717, 1.165) is 24.2 Å². The molecule has 0 atom stereocenters. The minimum Gasteiger partial charge on any atom is -0.494 e. The van der Waals surface area contributed by atoms with Crippen LogP contribution in [0.15, 0.2) is 24.3 Å². The van der Waals surface area contributed by atoms with Crippen molar-refractivity contribution in [3.63, 3.8) is 0 Å². The summed E-state index contributed by atoms with van der Waals surface area (Å²) >= 11 is 0. The number of nitrogens with one attached hydrogen (secondary N) is 1. The Balaban J connectivity index is 1.82. The second-order valence-corrected chi connectivity index (χ2v) is 5.96. The van der Waals surface area contributed by atoms with E-state index in [0.29, 0.717) is 6.04 Å². The number of ether oxygens (including phenoxy) is 1. The summed E-state index contributed by atoms with van der Waals surface area (Å²) < 4.78 is 5.46. The highest BCUT2D eigenvalue weighted by Crippen LogP contribution is 2.31. The number of benzene rings is 1. The van der Waals surface area contributed by atoms with Crippen molar-refractivity contribution in [3.8, 4) is 5.75 Å². The highest BCUT2D eigenvalue weighted by atomic mass is 16.5. The third-order valence-electron chi connectivity index (χ3n) is 4.25. The molecule has 0 aromatic heterocycles. The van der Waals surface area contributed by atoms with Crippen LogP contribution in [0.1, 0.15) is 46.5 Å². The predicted molar refractivity (Wildman–Crippen MR) is 81.8 cm³/mol. The third kappa shape index (κ3) is 4.15. The van der Waals surface area contributed by atoms with Gasteiger partial charge in [0.05, 0.1) is 6.61 Å². The van der Waals surface area contributed by atoms with Crippen LogP contribution in [-0.2, 0) is 0 Å². The third-order valence-corrected chi connectivity index (χ3v) is 4.25. The molecule has 1 aliphatic carbocycles. The molecule has 1 aromatic rings. The van der Waals surface area contributed by atoms with Crippen molar-refractivity contribution < 1.29 is 4.74 Å². The van der Waals surface area contributed by atoms with Gasteiger partial charge in [-0.15, -0.1) is 0 Å². The van der Waals surface area contributed by atoms with Crippen molar-refractivity contribution in [2.24, 2.45) is 11.8 Å². The van der Waals surface area contributed by atoms with Gasteiger partial charge in [-0.05, 0) is 68.7 Å². The Morgan fingerprint density at radius 2 is 1.74 bits per heavy atom. The van der Waals surface area contributed by atoms with Gasteiger partial charge in [0.25, 0.3) is 0 Å². The SMILES string of the molecule is CCOc1ccc(NC2CCC(C(C)C)CC2)cc1. The molecule has 106 valence electrons. The van der Waals surface area contributed by atoms with E-state index in [2.05, 4.69) is 31.3 Å². The summed E-state index contributed by atoms with van der Waals surface area (Å²) in [5, 5.41) is 3.65. The zero-order valence-corrected chi connectivity index (χ0v) is 12.5. The van der Waals surface area contributed by atoms with E-state index in [1.54, 1.807) is 0 Å². The van der Waals surface area contributed by atoms with Gasteiger partial charge in [0.15, 0.2) is 0 Å². The van der Waals surface area contributed by atoms with Gasteiger partial charge in [-0.3, -0.25) is 0 Å². The Kier molecular flexibility index (Phi) is 5.12. The minimum absolute atomic E-state index is 0.646. The number of hydrogen-bond donors (Lipinski definition) is 1. The van der Waals surface area contributed by atoms with Crippen molar-refractivity contribution in [2.75, 3.05) is 11.9 Å². The first-order chi connectivity index (χ1) is 9.19. The first-order valence-electron chi connectivity index (χ1n) is 7.68. The number of hydrogen-bond acceptors (Lipinski definition) is 2. The largest absolute Gasteiger partial charge is 0.494 e. The monoisotopic (exact) mass is 261 g/mol. The molecule has 2 heteroatoms. The second kappa shape index (κ2) is 6.83. The zero-order chi connectivity index (χ0) is 13.7. The van der Waals surface area contributed by atoms with Crippen molar-refractivity contribution >= 4 is 5.69 Å². The van der Waals surface area contributed by atoms with Crippen molar-refractivity contribution in [1.82, 2.24) is 0 Å². The fourth-order valence-electron chi connectivity index (χ4n) is 2.98. The lowest BCUT2D eigenvalue weighted by Crippen LogP contribution is -2.27. The van der Waals surface area contributed by atoms with Gasteiger partial charge >= 0.3 is 0 Å². The van der Waals surface area contributed by atoms with Gasteiger partial charge in [-0.1, -0.05) is 13.8 Å². The molecule has 19 heavy (non-hydrogen) atoms. The van der Waals surface area contributed by atoms with Crippen LogP contribution >= 0.6 is 0 Å². The highest BCUT2D eigenvalue weighted by molar-refractivity contribution is 5.47. The molecule has 0 radical (unpaired) electrons. The Labute approximate surface area is 117 Å². The summed E-state index contributed by atoms with van der Waals surface area (Å²) in [7, 11) is 0. The summed E-state index contributed by atoms with van der Waals surface area (Å²) in [5.74, 6) is 2.72. The summed E-state index contributed by atoms with van der Waals surface area (Å²) in [4.78, 5) is 0. The molecule has 0 bridgehead atoms. The van der Waals surface area contributed by atoms with E-state index in [-0.39, 0.29) is 0 Å². The predicted octanol–water partition coefficient (Wildman–Crippen LogP) is 4.71. The number of anilines is 1. The molecule has 0 saturated heterocycles. The molecule has 1 fully saturated rings. The molecule has 2 nitrogen and oxygen atoms in total. The van der Waals surface area contributed by atoms with Crippen molar-refractivity contribution in [1.29, 1.82) is 0 Å². The normalized spacial score (nSPS) is 23.4. The molecule has 0 heterocycles. The lowest BCUT2D eigenvalue weighted by Gasteiger charge is -2.31. The Bertz CT molecular complexity index is 363. The highest BCUT2D eigenvalue weighted by Gasteiger charge is 2.22. The first kappa shape index (κ1) is 14.2. The van der Waals surface area contributed by atoms with Gasteiger partial charge in [0, 0.05) is 11.7 Å². The molecule has 0 unspecified atom stereocenters. The molecule has 1 aromatic carbocycles. The average Bonchev–Trinajstić information content (AvgIpc) is 2.42. The maximum atomic E-state index is 5.46. The van der Waals surface area contributed by atoms with Gasteiger partial charge in [0.2, 0.25) is 0 Å². The fourth-order valence-corrected chi connectivity index (χ4v) is 2.98. The molecule has 0 spiro atoms. The van der Waals surface area contributed by atoms with E-state index in [9.17, 15) is 0 Å². The van der Waals surface area contributed by atoms with E-state index in [1.807, 2.05) is 19.1 Å². The first-order valence-corrected chi connectivity index (χ1v) is 7.68. The maximum Gasteiger partial charge on any atom is 0.119 e. The lowest BCUT2D eigenvalue weighted by molar-refractivity contribution is 0.267. The van der Waals surface area contributed by atoms with E-state index in [1.165, 1.54) is 31.4 Å². The molecular weight excluding hydrogens is 234 g/mol. The van der Waals surface area contributed by atoms with Crippen LogP contribution < -0.4 is 10.1 Å². The van der Waals surface area contributed by atoms with Gasteiger partial charge in [0.1, 0.15) is 5.75 Å². The quantitative estimate of drug-likeness (QED) is 0.828. The van der Waals surface area contributed by atoms with Gasteiger partial charge in [-0.25, -0.2) is 0 Å². The van der Waals surface area contributed by atoms with Crippen molar-refractivity contribution in [2.45, 2.75) is 52.5 Å². The Morgan fingerprint density at radius 3 is 2.26 bits per heavy atom. The van der Waals surface area contributed by atoms with Crippen LogP contribution in [0, 0.1) is 11.8 Å². The van der Waals surface area contributed by atoms with Crippen LogP contribution in [0.5, 0.6) is 5.75 Å². The average molecular weight is 261 g/mol. The fraction of sp³-hybridized carbons (Fsp3) is 0.647. The van der Waals surface area contributed by atoms with E-state index >= 15 is 0 Å². The molecule has 2 rings (SSSR count). The molecule has 1 saturated carbocycles. The number of rotatable bonds is 5. The van der Waals surface area contributed by atoms with E-state index < -0.39 is 0 Å². The summed E-state index contributed by atoms with van der Waals surface area (Å²) in [5.41, 5.74) is 1.22. The standard InChI is InChI=1S/C17H27NO/c1-4-19-17-11-9-16(10-12-17)18-15-7-5-14(6-8-15)13(2)3/h9-15,18H,4-8H2,1-3H3. The lowest BCUT2D eigenvalue weighted by atomic mass is 9.79. The van der Waals surface area contributed by atoms with Gasteiger partial charge < -0.3 is 10.1 Å². The van der Waals surface area contributed by atoms with Crippen molar-refractivity contribution in [3.05, 3.63) is 24.3 Å². The van der Waals surface area contributed by atoms with Crippen LogP contribution in [0.25, 0.3) is 0 Å². The topological polar surface area (TPSA) is 21.3 Å². The van der Waals surface area contributed by atoms with Crippen LogP contribution in [0.4, 0.5) is 5.69 Å². The van der Waals surface area contributed by atoms with Crippen LogP contribution in [0.3, 0.4) is 0 Å². The summed E-state index contributed by atoms with van der Waals surface area (Å²) in [6.45, 7) is 7.45. The maximum absolute atomic E-state index is 5.46. The molecular formula is C17H27NO. The molecule has 0 amide bonds. The van der Waals surface area contributed by atoms with Crippen LogP contribution in [0.2, 0.25) is 0 Å². The minimum atomic E-state index is 0.646. The zero-order valence-electron chi connectivity index (χ0n) is 12.5. The molecule has 1 N–H and O–H groups in total. The smallest absolute Gasteiger partial charge is 0.119 e. The molecule has 0 aliphatic heterocycles. The van der Waals surface area contributed by atoms with Crippen LogP contribution in [-0.4, -0.2) is 12.6 Å². The molecule has 1 aliphatic rings. The Morgan fingerprint density at radius 1 is 1.11 bits per heavy atom. The summed E-state index contributed by atoms with van der Waals surface area (Å²) in [6.07, 6.45) is 5.34. The van der Waals surface area contributed by atoms with E-state index in [4.69, 9.17) is 4.74 Å². The Hall–Kier alpha value is -1.18. The second-order valence-electron chi connectivity index (χ2n) is 5.96. The summed E-state index contributed by atoms with van der Waals surface area (Å²) in [6, 6.07) is 8.99.